The Labute approximate surface area is 151 Å². The van der Waals surface area contributed by atoms with Crippen molar-refractivity contribution in [3.63, 3.8) is 0 Å². The van der Waals surface area contributed by atoms with Gasteiger partial charge in [0.25, 0.3) is 0 Å². The maximum Gasteiger partial charge on any atom is 0.316 e. The van der Waals surface area contributed by atoms with Gasteiger partial charge in [0.2, 0.25) is 17.8 Å². The van der Waals surface area contributed by atoms with Crippen molar-refractivity contribution in [1.82, 2.24) is 10.2 Å². The molecule has 3 rings (SSSR count). The van der Waals surface area contributed by atoms with Gasteiger partial charge in [0, 0.05) is 6.08 Å². The van der Waals surface area contributed by atoms with Crippen molar-refractivity contribution in [2.45, 2.75) is 4.34 Å². The highest BCUT2D eigenvalue weighted by Crippen LogP contribution is 2.32. The van der Waals surface area contributed by atoms with Gasteiger partial charge in [-0.15, -0.1) is 10.2 Å². The molecular weight excluding hydrogens is 366 g/mol. The van der Waals surface area contributed by atoms with Crippen molar-refractivity contribution >= 4 is 46.2 Å². The molecule has 0 saturated carbocycles. The van der Waals surface area contributed by atoms with Crippen molar-refractivity contribution in [3.8, 4) is 11.5 Å². The zero-order valence-corrected chi connectivity index (χ0v) is 14.7. The smallest absolute Gasteiger partial charge is 0.316 e. The van der Waals surface area contributed by atoms with Gasteiger partial charge in [-0.3, -0.25) is 14.9 Å². The van der Waals surface area contributed by atoms with Gasteiger partial charge in [-0.05, 0) is 23.8 Å². The Morgan fingerprint density at radius 1 is 1.36 bits per heavy atom. The van der Waals surface area contributed by atoms with E-state index in [1.807, 2.05) is 6.07 Å². The highest BCUT2D eigenvalue weighted by Gasteiger charge is 2.12. The van der Waals surface area contributed by atoms with Crippen LogP contribution in [0.3, 0.4) is 0 Å². The molecule has 0 spiro atoms. The molecule has 1 aromatic carbocycles. The van der Waals surface area contributed by atoms with Crippen LogP contribution in [0.5, 0.6) is 11.5 Å². The number of thioether (sulfide) groups is 1. The summed E-state index contributed by atoms with van der Waals surface area (Å²) < 4.78 is 15.6. The van der Waals surface area contributed by atoms with E-state index in [1.165, 1.54) is 36.3 Å². The average molecular weight is 379 g/mol. The molecule has 1 aliphatic heterocycles. The van der Waals surface area contributed by atoms with Gasteiger partial charge in [-0.2, -0.15) is 0 Å². The van der Waals surface area contributed by atoms with Gasteiger partial charge in [-0.1, -0.05) is 29.2 Å². The summed E-state index contributed by atoms with van der Waals surface area (Å²) in [6.45, 7) is 0.205. The Bertz CT molecular complexity index is 821. The average Bonchev–Trinajstić information content (AvgIpc) is 3.26. The molecule has 0 aliphatic carbocycles. The Balaban J connectivity index is 1.54. The minimum atomic E-state index is -0.350. The minimum Gasteiger partial charge on any atom is -0.468 e. The van der Waals surface area contributed by atoms with Gasteiger partial charge in [0.1, 0.15) is 0 Å². The third-order valence-corrected chi connectivity index (χ3v) is 4.95. The molecule has 1 aromatic heterocycles. The molecule has 8 nitrogen and oxygen atoms in total. The summed E-state index contributed by atoms with van der Waals surface area (Å²) in [6.07, 6.45) is 3.05. The number of nitrogens with one attached hydrogen (secondary N) is 1. The van der Waals surface area contributed by atoms with E-state index in [0.29, 0.717) is 21.0 Å². The Hall–Kier alpha value is -2.59. The number of anilines is 1. The number of carbonyl (C=O) groups is 2. The van der Waals surface area contributed by atoms with E-state index in [9.17, 15) is 9.59 Å². The fraction of sp³-hybridized carbons (Fsp3) is 0.200. The Morgan fingerprint density at radius 3 is 3.04 bits per heavy atom. The van der Waals surface area contributed by atoms with E-state index in [4.69, 9.17) is 9.47 Å². The maximum atomic E-state index is 11.9. The summed E-state index contributed by atoms with van der Waals surface area (Å²) in [7, 11) is 1.32. The van der Waals surface area contributed by atoms with Crippen LogP contribution in [0.1, 0.15) is 5.56 Å². The van der Waals surface area contributed by atoms with Crippen LogP contribution >= 0.6 is 23.1 Å². The number of ether oxygens (including phenoxy) is 3. The summed E-state index contributed by atoms with van der Waals surface area (Å²) in [4.78, 5) is 23.0. The normalized spacial score (nSPS) is 12.4. The van der Waals surface area contributed by atoms with Crippen molar-refractivity contribution in [2.75, 3.05) is 25.0 Å². The molecule has 0 saturated heterocycles. The van der Waals surface area contributed by atoms with E-state index in [-0.39, 0.29) is 24.4 Å². The lowest BCUT2D eigenvalue weighted by Gasteiger charge is -1.98. The van der Waals surface area contributed by atoms with E-state index < -0.39 is 0 Å². The number of fused-ring (bicyclic) bond motifs is 1. The highest BCUT2D eigenvalue weighted by atomic mass is 32.2. The zero-order chi connectivity index (χ0) is 17.6. The van der Waals surface area contributed by atoms with Crippen LogP contribution < -0.4 is 14.8 Å². The van der Waals surface area contributed by atoms with Crippen molar-refractivity contribution in [2.24, 2.45) is 0 Å². The number of hydrogen-bond donors (Lipinski definition) is 1. The molecule has 0 unspecified atom stereocenters. The number of hydrogen-bond acceptors (Lipinski definition) is 9. The molecule has 1 aliphatic rings. The quantitative estimate of drug-likeness (QED) is 0.353. The van der Waals surface area contributed by atoms with Gasteiger partial charge in [0.15, 0.2) is 15.8 Å². The first-order chi connectivity index (χ1) is 12.1. The van der Waals surface area contributed by atoms with Crippen molar-refractivity contribution < 1.29 is 23.8 Å². The van der Waals surface area contributed by atoms with Crippen LogP contribution in [0.2, 0.25) is 0 Å². The lowest BCUT2D eigenvalue weighted by molar-refractivity contribution is -0.137. The molecule has 0 atom stereocenters. The Kier molecular flexibility index (Phi) is 5.51. The number of rotatable bonds is 6. The number of amides is 1. The van der Waals surface area contributed by atoms with Crippen LogP contribution in [-0.2, 0) is 14.3 Å². The topological polar surface area (TPSA) is 99.6 Å². The zero-order valence-electron chi connectivity index (χ0n) is 13.1. The minimum absolute atomic E-state index is 0.142. The molecule has 0 bridgehead atoms. The third kappa shape index (κ3) is 4.70. The van der Waals surface area contributed by atoms with Crippen LogP contribution in [0.15, 0.2) is 28.6 Å². The van der Waals surface area contributed by atoms with E-state index in [2.05, 4.69) is 20.3 Å². The molecule has 1 amide bonds. The molecular formula is C15H13N3O5S2. The lowest BCUT2D eigenvalue weighted by Crippen LogP contribution is -2.07. The molecule has 10 heteroatoms. The van der Waals surface area contributed by atoms with Crippen LogP contribution in [-0.4, -0.2) is 41.7 Å². The lowest BCUT2D eigenvalue weighted by atomic mass is 10.2. The fourth-order valence-corrected chi connectivity index (χ4v) is 3.42. The van der Waals surface area contributed by atoms with Gasteiger partial charge < -0.3 is 14.2 Å². The molecule has 2 heterocycles. The molecule has 0 fully saturated rings. The van der Waals surface area contributed by atoms with Crippen LogP contribution in [0, 0.1) is 0 Å². The molecule has 0 radical (unpaired) electrons. The molecule has 25 heavy (non-hydrogen) atoms. The monoisotopic (exact) mass is 379 g/mol. The predicted molar refractivity (Wildman–Crippen MR) is 92.9 cm³/mol. The second-order valence-corrected chi connectivity index (χ2v) is 6.87. The first-order valence-corrected chi connectivity index (χ1v) is 8.86. The SMILES string of the molecule is COC(=O)CSc1nnc(NC(=O)/C=C\c2ccc3c(c2)OCO3)s1. The van der Waals surface area contributed by atoms with E-state index >= 15 is 0 Å². The van der Waals surface area contributed by atoms with Crippen LogP contribution in [0.4, 0.5) is 5.13 Å². The predicted octanol–water partition coefficient (Wildman–Crippen LogP) is 2.18. The molecule has 1 N–H and O–H groups in total. The van der Waals surface area contributed by atoms with Gasteiger partial charge in [0.05, 0.1) is 12.9 Å². The molecule has 130 valence electrons. The fourth-order valence-electron chi connectivity index (χ4n) is 1.83. The van der Waals surface area contributed by atoms with Gasteiger partial charge >= 0.3 is 5.97 Å². The summed E-state index contributed by atoms with van der Waals surface area (Å²) in [6, 6.07) is 5.40. The van der Waals surface area contributed by atoms with Gasteiger partial charge in [-0.25, -0.2) is 0 Å². The Morgan fingerprint density at radius 2 is 2.20 bits per heavy atom. The second-order valence-electron chi connectivity index (χ2n) is 4.67. The number of carbonyl (C=O) groups excluding carboxylic acids is 2. The number of nitrogens with zero attached hydrogens (tertiary/aromatic N) is 2. The van der Waals surface area contributed by atoms with Crippen molar-refractivity contribution in [3.05, 3.63) is 29.8 Å². The number of benzene rings is 1. The van der Waals surface area contributed by atoms with E-state index in [0.717, 1.165) is 5.56 Å². The number of methoxy groups -OCH3 is 1. The summed E-state index contributed by atoms with van der Waals surface area (Å²) in [5.74, 6) is 0.797. The largest absolute Gasteiger partial charge is 0.468 e. The summed E-state index contributed by atoms with van der Waals surface area (Å²) in [5.41, 5.74) is 0.811. The van der Waals surface area contributed by atoms with Crippen molar-refractivity contribution in [1.29, 1.82) is 0 Å². The highest BCUT2D eigenvalue weighted by molar-refractivity contribution is 8.01. The summed E-state index contributed by atoms with van der Waals surface area (Å²) >= 11 is 2.38. The van der Waals surface area contributed by atoms with Crippen LogP contribution in [0.25, 0.3) is 6.08 Å². The first-order valence-electron chi connectivity index (χ1n) is 7.06. The second kappa shape index (κ2) is 7.99. The third-order valence-electron chi connectivity index (χ3n) is 3.00. The van der Waals surface area contributed by atoms with E-state index in [1.54, 1.807) is 18.2 Å². The molecule has 2 aromatic rings. The standard InChI is InChI=1S/C15H13N3O5S2/c1-21-13(20)7-24-15-18-17-14(25-15)16-12(19)5-3-9-2-4-10-11(6-9)23-8-22-10/h2-6H,7-8H2,1H3,(H,16,17,19)/b5-3-. The number of esters is 1. The first kappa shape index (κ1) is 17.2. The summed E-state index contributed by atoms with van der Waals surface area (Å²) in [5, 5.41) is 10.7. The maximum absolute atomic E-state index is 11.9. The number of aromatic nitrogens is 2.